The Kier molecular flexibility index (Phi) is 5.49. The zero-order valence-corrected chi connectivity index (χ0v) is 13.9. The van der Waals surface area contributed by atoms with E-state index in [1.165, 1.54) is 18.3 Å². The number of amides is 1. The van der Waals surface area contributed by atoms with E-state index in [2.05, 4.69) is 15.5 Å². The van der Waals surface area contributed by atoms with Crippen LogP contribution in [-0.4, -0.2) is 32.7 Å². The summed E-state index contributed by atoms with van der Waals surface area (Å²) in [5.41, 5.74) is -0.401. The number of aryl methyl sites for hydroxylation is 1. The molecule has 0 aromatic carbocycles. The van der Waals surface area contributed by atoms with Gasteiger partial charge in [-0.25, -0.2) is 4.79 Å². The predicted octanol–water partition coefficient (Wildman–Crippen LogP) is 2.49. The first-order valence-electron chi connectivity index (χ1n) is 7.34. The van der Waals surface area contributed by atoms with Gasteiger partial charge in [-0.3, -0.25) is 4.79 Å². The van der Waals surface area contributed by atoms with E-state index in [1.54, 1.807) is 0 Å². The maximum absolute atomic E-state index is 12.0. The minimum absolute atomic E-state index is 0.0951. The van der Waals surface area contributed by atoms with Gasteiger partial charge in [0.1, 0.15) is 5.54 Å². The first-order valence-corrected chi connectivity index (χ1v) is 8.28. The van der Waals surface area contributed by atoms with Gasteiger partial charge in [0.2, 0.25) is 17.7 Å². The highest BCUT2D eigenvalue weighted by atomic mass is 32.1. The fourth-order valence-corrected chi connectivity index (χ4v) is 2.80. The summed E-state index contributed by atoms with van der Waals surface area (Å²) in [5, 5.41) is 23.5. The van der Waals surface area contributed by atoms with Crippen molar-refractivity contribution in [3.63, 3.8) is 0 Å². The SMILES string of the molecule is CCCC(C)(NC(=O)CCc1nnc(-c2ccsc2)o1)C(=O)O. The van der Waals surface area contributed by atoms with Crippen LogP contribution in [-0.2, 0) is 16.0 Å². The molecule has 7 nitrogen and oxygen atoms in total. The van der Waals surface area contributed by atoms with Gasteiger partial charge in [-0.05, 0) is 24.8 Å². The van der Waals surface area contributed by atoms with Crippen LogP contribution in [0.3, 0.4) is 0 Å². The molecular weight excluding hydrogens is 318 g/mol. The zero-order chi connectivity index (χ0) is 16.9. The molecule has 2 heterocycles. The molecular formula is C15H19N3O4S. The fourth-order valence-electron chi connectivity index (χ4n) is 2.17. The molecule has 0 aliphatic rings. The Morgan fingerprint density at radius 1 is 1.43 bits per heavy atom. The van der Waals surface area contributed by atoms with Crippen molar-refractivity contribution in [3.05, 3.63) is 22.7 Å². The molecule has 2 aromatic rings. The number of carboxylic acid groups (broad SMARTS) is 1. The van der Waals surface area contributed by atoms with E-state index >= 15 is 0 Å². The minimum Gasteiger partial charge on any atom is -0.480 e. The lowest BCUT2D eigenvalue weighted by Gasteiger charge is -2.25. The van der Waals surface area contributed by atoms with Crippen LogP contribution in [0, 0.1) is 0 Å². The van der Waals surface area contributed by atoms with E-state index in [9.17, 15) is 14.7 Å². The summed E-state index contributed by atoms with van der Waals surface area (Å²) in [6.45, 7) is 3.38. The van der Waals surface area contributed by atoms with Gasteiger partial charge < -0.3 is 14.8 Å². The zero-order valence-electron chi connectivity index (χ0n) is 13.0. The summed E-state index contributed by atoms with van der Waals surface area (Å²) in [6, 6.07) is 1.87. The number of nitrogens with zero attached hydrogens (tertiary/aromatic N) is 2. The van der Waals surface area contributed by atoms with Gasteiger partial charge in [-0.15, -0.1) is 10.2 Å². The maximum atomic E-state index is 12.0. The fraction of sp³-hybridized carbons (Fsp3) is 0.467. The van der Waals surface area contributed by atoms with Crippen LogP contribution in [0.2, 0.25) is 0 Å². The van der Waals surface area contributed by atoms with Gasteiger partial charge in [0.25, 0.3) is 0 Å². The van der Waals surface area contributed by atoms with Gasteiger partial charge in [0, 0.05) is 23.8 Å². The largest absolute Gasteiger partial charge is 0.480 e. The Labute approximate surface area is 137 Å². The summed E-state index contributed by atoms with van der Waals surface area (Å²) in [5.74, 6) is -0.610. The smallest absolute Gasteiger partial charge is 0.329 e. The molecule has 23 heavy (non-hydrogen) atoms. The summed E-state index contributed by atoms with van der Waals surface area (Å²) >= 11 is 1.53. The Bertz CT molecular complexity index is 668. The summed E-state index contributed by atoms with van der Waals surface area (Å²) in [6.07, 6.45) is 1.40. The number of aliphatic carboxylic acids is 1. The third kappa shape index (κ3) is 4.38. The molecule has 0 aliphatic heterocycles. The topological polar surface area (TPSA) is 105 Å². The Balaban J connectivity index is 1.90. The van der Waals surface area contributed by atoms with E-state index in [0.29, 0.717) is 24.6 Å². The highest BCUT2D eigenvalue weighted by Gasteiger charge is 2.33. The second-order valence-corrected chi connectivity index (χ2v) is 6.23. The molecule has 1 amide bonds. The van der Waals surface area contributed by atoms with Crippen molar-refractivity contribution in [1.29, 1.82) is 0 Å². The summed E-state index contributed by atoms with van der Waals surface area (Å²) in [4.78, 5) is 23.3. The van der Waals surface area contributed by atoms with Crippen LogP contribution in [0.5, 0.6) is 0 Å². The molecule has 0 radical (unpaired) electrons. The van der Waals surface area contributed by atoms with Crippen LogP contribution >= 0.6 is 11.3 Å². The molecule has 0 bridgehead atoms. The lowest BCUT2D eigenvalue weighted by Crippen LogP contribution is -2.52. The monoisotopic (exact) mass is 337 g/mol. The van der Waals surface area contributed by atoms with Gasteiger partial charge in [-0.1, -0.05) is 13.3 Å². The van der Waals surface area contributed by atoms with Crippen molar-refractivity contribution in [3.8, 4) is 11.5 Å². The quantitative estimate of drug-likeness (QED) is 0.766. The minimum atomic E-state index is -1.25. The predicted molar refractivity (Wildman–Crippen MR) is 85.0 cm³/mol. The highest BCUT2D eigenvalue weighted by molar-refractivity contribution is 7.08. The molecule has 0 spiro atoms. The molecule has 0 fully saturated rings. The van der Waals surface area contributed by atoms with Crippen LogP contribution in [0.1, 0.15) is 39.0 Å². The number of aromatic nitrogens is 2. The van der Waals surface area contributed by atoms with Crippen molar-refractivity contribution in [2.45, 2.75) is 45.1 Å². The van der Waals surface area contributed by atoms with Crippen molar-refractivity contribution in [2.75, 3.05) is 0 Å². The molecule has 0 saturated heterocycles. The van der Waals surface area contributed by atoms with Gasteiger partial charge in [0.05, 0.1) is 0 Å². The van der Waals surface area contributed by atoms with E-state index in [4.69, 9.17) is 4.42 Å². The van der Waals surface area contributed by atoms with Crippen LogP contribution < -0.4 is 5.32 Å². The number of nitrogens with one attached hydrogen (secondary N) is 1. The molecule has 0 saturated carbocycles. The van der Waals surface area contributed by atoms with Gasteiger partial charge >= 0.3 is 5.97 Å². The van der Waals surface area contributed by atoms with Crippen molar-refractivity contribution in [2.24, 2.45) is 0 Å². The molecule has 1 unspecified atom stereocenters. The van der Waals surface area contributed by atoms with E-state index in [-0.39, 0.29) is 18.7 Å². The van der Waals surface area contributed by atoms with E-state index in [1.807, 2.05) is 23.8 Å². The van der Waals surface area contributed by atoms with Crippen molar-refractivity contribution >= 4 is 23.2 Å². The third-order valence-electron chi connectivity index (χ3n) is 3.44. The number of carbonyl (C=O) groups excluding carboxylic acids is 1. The lowest BCUT2D eigenvalue weighted by atomic mass is 9.96. The number of rotatable bonds is 8. The molecule has 2 aromatic heterocycles. The molecule has 8 heteroatoms. The Morgan fingerprint density at radius 3 is 2.83 bits per heavy atom. The molecule has 0 aliphatic carbocycles. The van der Waals surface area contributed by atoms with Crippen LogP contribution in [0.25, 0.3) is 11.5 Å². The third-order valence-corrected chi connectivity index (χ3v) is 4.12. The Morgan fingerprint density at radius 2 is 2.22 bits per heavy atom. The standard InChI is InChI=1S/C15H19N3O4S/c1-3-7-15(2,14(20)21)16-11(19)4-5-12-17-18-13(22-12)10-6-8-23-9-10/h6,8-9H,3-5,7H2,1-2H3,(H,16,19)(H,20,21). The van der Waals surface area contributed by atoms with Crippen molar-refractivity contribution < 1.29 is 19.1 Å². The first-order chi connectivity index (χ1) is 10.9. The van der Waals surface area contributed by atoms with Gasteiger partial charge in [-0.2, -0.15) is 11.3 Å². The summed E-state index contributed by atoms with van der Waals surface area (Å²) in [7, 11) is 0. The van der Waals surface area contributed by atoms with E-state index in [0.717, 1.165) is 5.56 Å². The number of hydrogen-bond acceptors (Lipinski definition) is 6. The molecule has 1 atom stereocenters. The number of carbonyl (C=O) groups is 2. The second kappa shape index (κ2) is 7.36. The first kappa shape index (κ1) is 17.1. The lowest BCUT2D eigenvalue weighted by molar-refractivity contribution is -0.147. The Hall–Kier alpha value is -2.22. The molecule has 2 rings (SSSR count). The molecule has 124 valence electrons. The van der Waals surface area contributed by atoms with Crippen LogP contribution in [0.4, 0.5) is 0 Å². The molecule has 2 N–H and O–H groups in total. The number of hydrogen-bond donors (Lipinski definition) is 2. The van der Waals surface area contributed by atoms with Crippen molar-refractivity contribution in [1.82, 2.24) is 15.5 Å². The number of thiophene rings is 1. The average molecular weight is 337 g/mol. The number of carboxylic acids is 1. The second-order valence-electron chi connectivity index (χ2n) is 5.45. The average Bonchev–Trinajstić information content (AvgIpc) is 3.16. The maximum Gasteiger partial charge on any atom is 0.329 e. The normalized spacial score (nSPS) is 13.5. The summed E-state index contributed by atoms with van der Waals surface area (Å²) < 4.78 is 5.49. The van der Waals surface area contributed by atoms with E-state index < -0.39 is 11.5 Å². The van der Waals surface area contributed by atoms with Gasteiger partial charge in [0.15, 0.2) is 0 Å². The van der Waals surface area contributed by atoms with Crippen LogP contribution in [0.15, 0.2) is 21.2 Å². The highest BCUT2D eigenvalue weighted by Crippen LogP contribution is 2.21.